The Kier molecular flexibility index (Phi) is 7.42. The van der Waals surface area contributed by atoms with Gasteiger partial charge in [0.1, 0.15) is 12.6 Å². The van der Waals surface area contributed by atoms with Gasteiger partial charge in [0.2, 0.25) is 5.91 Å². The molecular formula is C28H31N3O3S. The van der Waals surface area contributed by atoms with Crippen molar-refractivity contribution >= 4 is 28.5 Å². The fraction of sp³-hybridized carbons (Fsp3) is 0.393. The molecule has 2 amide bonds. The van der Waals surface area contributed by atoms with Crippen LogP contribution in [0.5, 0.6) is 0 Å². The summed E-state index contributed by atoms with van der Waals surface area (Å²) in [5.74, 6) is 0.463. The second kappa shape index (κ2) is 11.0. The van der Waals surface area contributed by atoms with Gasteiger partial charge >= 0.3 is 6.09 Å². The van der Waals surface area contributed by atoms with Crippen molar-refractivity contribution in [2.75, 3.05) is 11.9 Å². The van der Waals surface area contributed by atoms with Gasteiger partial charge in [0.15, 0.2) is 5.13 Å². The van der Waals surface area contributed by atoms with E-state index in [1.54, 1.807) is 0 Å². The monoisotopic (exact) mass is 489 g/mol. The molecule has 1 atom stereocenters. The van der Waals surface area contributed by atoms with Crippen LogP contribution in [-0.2, 0) is 16.1 Å². The minimum atomic E-state index is -0.541. The van der Waals surface area contributed by atoms with Crippen LogP contribution in [0.15, 0.2) is 60.0 Å². The van der Waals surface area contributed by atoms with Gasteiger partial charge in [-0.15, -0.1) is 11.3 Å². The highest BCUT2D eigenvalue weighted by atomic mass is 32.1. The number of likely N-dealkylation sites (tertiary alicyclic amines) is 1. The molecule has 7 heteroatoms. The van der Waals surface area contributed by atoms with Gasteiger partial charge in [0, 0.05) is 17.5 Å². The van der Waals surface area contributed by atoms with Crippen LogP contribution in [0.4, 0.5) is 9.93 Å². The van der Waals surface area contributed by atoms with Crippen molar-refractivity contribution in [1.82, 2.24) is 9.88 Å². The van der Waals surface area contributed by atoms with E-state index in [0.29, 0.717) is 24.0 Å². The average molecular weight is 490 g/mol. The van der Waals surface area contributed by atoms with Gasteiger partial charge in [-0.2, -0.15) is 0 Å². The summed E-state index contributed by atoms with van der Waals surface area (Å²) < 4.78 is 5.45. The summed E-state index contributed by atoms with van der Waals surface area (Å²) in [5.41, 5.74) is 4.24. The molecule has 6 nitrogen and oxygen atoms in total. The third-order valence-electron chi connectivity index (χ3n) is 7.01. The van der Waals surface area contributed by atoms with Crippen LogP contribution in [0, 0.1) is 0 Å². The molecule has 1 saturated heterocycles. The lowest BCUT2D eigenvalue weighted by atomic mass is 9.84. The number of anilines is 1. The van der Waals surface area contributed by atoms with E-state index in [9.17, 15) is 9.59 Å². The van der Waals surface area contributed by atoms with Crippen LogP contribution in [-0.4, -0.2) is 34.5 Å². The smallest absolute Gasteiger partial charge is 0.410 e. The summed E-state index contributed by atoms with van der Waals surface area (Å²) in [6.07, 6.45) is 7.51. The first-order valence-corrected chi connectivity index (χ1v) is 13.4. The molecule has 35 heavy (non-hydrogen) atoms. The Morgan fingerprint density at radius 1 is 0.971 bits per heavy atom. The number of benzene rings is 2. The number of nitrogens with zero attached hydrogens (tertiary/aromatic N) is 2. The highest BCUT2D eigenvalue weighted by Gasteiger charge is 2.35. The Balaban J connectivity index is 1.18. The fourth-order valence-electron chi connectivity index (χ4n) is 5.07. The zero-order valence-electron chi connectivity index (χ0n) is 19.8. The van der Waals surface area contributed by atoms with Crippen molar-refractivity contribution in [2.45, 2.75) is 63.5 Å². The zero-order chi connectivity index (χ0) is 24.0. The van der Waals surface area contributed by atoms with Crippen molar-refractivity contribution in [3.63, 3.8) is 0 Å². The number of carbonyl (C=O) groups is 2. The highest BCUT2D eigenvalue weighted by molar-refractivity contribution is 7.14. The summed E-state index contributed by atoms with van der Waals surface area (Å²) in [6, 6.07) is 17.7. The van der Waals surface area contributed by atoms with E-state index < -0.39 is 12.1 Å². The maximum absolute atomic E-state index is 13.0. The molecule has 0 bridgehead atoms. The Bertz CT molecular complexity index is 1140. The van der Waals surface area contributed by atoms with Gasteiger partial charge in [0.05, 0.1) is 5.69 Å². The summed E-state index contributed by atoms with van der Waals surface area (Å²) in [7, 11) is 0. The van der Waals surface area contributed by atoms with Crippen molar-refractivity contribution < 1.29 is 14.3 Å². The molecule has 2 aromatic carbocycles. The second-order valence-electron chi connectivity index (χ2n) is 9.38. The van der Waals surface area contributed by atoms with Gasteiger partial charge < -0.3 is 10.1 Å². The first-order chi connectivity index (χ1) is 17.2. The first kappa shape index (κ1) is 23.5. The van der Waals surface area contributed by atoms with E-state index in [-0.39, 0.29) is 12.5 Å². The van der Waals surface area contributed by atoms with Crippen LogP contribution in [0.25, 0.3) is 11.3 Å². The predicted octanol–water partition coefficient (Wildman–Crippen LogP) is 6.60. The predicted molar refractivity (Wildman–Crippen MR) is 138 cm³/mol. The minimum Gasteiger partial charge on any atom is -0.445 e. The molecule has 2 heterocycles. The number of amides is 2. The zero-order valence-corrected chi connectivity index (χ0v) is 20.6. The molecule has 182 valence electrons. The Morgan fingerprint density at radius 3 is 2.51 bits per heavy atom. The first-order valence-electron chi connectivity index (χ1n) is 12.5. The topological polar surface area (TPSA) is 71.5 Å². The fourth-order valence-corrected chi connectivity index (χ4v) is 5.80. The van der Waals surface area contributed by atoms with Crippen LogP contribution in [0.1, 0.15) is 62.0 Å². The molecule has 5 rings (SSSR count). The molecule has 1 unspecified atom stereocenters. The number of hydrogen-bond donors (Lipinski definition) is 1. The average Bonchev–Trinajstić information content (AvgIpc) is 3.59. The lowest BCUT2D eigenvalue weighted by Gasteiger charge is -2.22. The number of rotatable bonds is 6. The SMILES string of the molecule is O=C(Nc1nc(-c2ccc(C3CCCCC3)cc2)cs1)C1CCCN1C(=O)OCc1ccccc1. The molecule has 1 aliphatic carbocycles. The van der Waals surface area contributed by atoms with E-state index in [4.69, 9.17) is 4.74 Å². The number of hydrogen-bond acceptors (Lipinski definition) is 5. The van der Waals surface area contributed by atoms with E-state index in [1.807, 2.05) is 35.7 Å². The molecule has 3 aromatic rings. The Hall–Kier alpha value is -3.19. The van der Waals surface area contributed by atoms with E-state index in [0.717, 1.165) is 23.2 Å². The van der Waals surface area contributed by atoms with Crippen LogP contribution >= 0.6 is 11.3 Å². The molecule has 2 aliphatic rings. The number of nitrogens with one attached hydrogen (secondary N) is 1. The second-order valence-corrected chi connectivity index (χ2v) is 10.2. The normalized spacial score (nSPS) is 18.4. The molecule has 1 saturated carbocycles. The molecule has 1 aliphatic heterocycles. The van der Waals surface area contributed by atoms with E-state index in [1.165, 1.54) is 53.9 Å². The molecule has 0 spiro atoms. The summed E-state index contributed by atoms with van der Waals surface area (Å²) >= 11 is 1.40. The lowest BCUT2D eigenvalue weighted by Crippen LogP contribution is -2.43. The van der Waals surface area contributed by atoms with Crippen molar-refractivity contribution in [3.05, 3.63) is 71.1 Å². The van der Waals surface area contributed by atoms with E-state index >= 15 is 0 Å². The standard InChI is InChI=1S/C28H31N3O3S/c32-26(25-12-7-17-31(25)28(33)34-18-20-8-3-1-4-9-20)30-27-29-24(19-35-27)23-15-13-22(14-16-23)21-10-5-2-6-11-21/h1,3-4,8-9,13-16,19,21,25H,2,5-7,10-12,17-18H2,(H,29,30,32). The van der Waals surface area contributed by atoms with Crippen LogP contribution < -0.4 is 5.32 Å². The quantitative estimate of drug-likeness (QED) is 0.424. The van der Waals surface area contributed by atoms with Crippen molar-refractivity contribution in [3.8, 4) is 11.3 Å². The van der Waals surface area contributed by atoms with Gasteiger partial charge in [0.25, 0.3) is 0 Å². The number of thiazole rings is 1. The Labute approximate surface area is 210 Å². The van der Waals surface area contributed by atoms with Gasteiger partial charge in [-0.05, 0) is 42.7 Å². The van der Waals surface area contributed by atoms with Crippen molar-refractivity contribution in [2.24, 2.45) is 0 Å². The van der Waals surface area contributed by atoms with Crippen LogP contribution in [0.2, 0.25) is 0 Å². The summed E-state index contributed by atoms with van der Waals surface area (Å²) in [6.45, 7) is 0.710. The summed E-state index contributed by atoms with van der Waals surface area (Å²) in [4.78, 5) is 31.8. The lowest BCUT2D eigenvalue weighted by molar-refractivity contribution is -0.120. The number of ether oxygens (including phenoxy) is 1. The van der Waals surface area contributed by atoms with Crippen LogP contribution in [0.3, 0.4) is 0 Å². The van der Waals surface area contributed by atoms with Crippen molar-refractivity contribution in [1.29, 1.82) is 0 Å². The molecule has 1 N–H and O–H groups in total. The minimum absolute atomic E-state index is 0.194. The molecule has 1 aromatic heterocycles. The van der Waals surface area contributed by atoms with Gasteiger partial charge in [-0.1, -0.05) is 73.9 Å². The number of aromatic nitrogens is 1. The van der Waals surface area contributed by atoms with Gasteiger partial charge in [-0.25, -0.2) is 9.78 Å². The largest absolute Gasteiger partial charge is 0.445 e. The molecule has 0 radical (unpaired) electrons. The Morgan fingerprint density at radius 2 is 1.74 bits per heavy atom. The summed E-state index contributed by atoms with van der Waals surface area (Å²) in [5, 5.41) is 5.43. The third-order valence-corrected chi connectivity index (χ3v) is 7.77. The molecule has 2 fully saturated rings. The highest BCUT2D eigenvalue weighted by Crippen LogP contribution is 2.34. The van der Waals surface area contributed by atoms with Gasteiger partial charge in [-0.3, -0.25) is 9.69 Å². The third kappa shape index (κ3) is 5.73. The maximum atomic E-state index is 13.0. The molecular weight excluding hydrogens is 458 g/mol. The maximum Gasteiger partial charge on any atom is 0.410 e. The number of carbonyl (C=O) groups excluding carboxylic acids is 2. The van der Waals surface area contributed by atoms with E-state index in [2.05, 4.69) is 34.6 Å².